The van der Waals surface area contributed by atoms with Gasteiger partial charge in [0.1, 0.15) is 11.5 Å². The minimum atomic E-state index is -0.727. The molecular formula is C21H24N4O5. The van der Waals surface area contributed by atoms with Gasteiger partial charge in [-0.25, -0.2) is 0 Å². The molecule has 3 N–H and O–H groups in total. The molecule has 9 heteroatoms. The number of amides is 3. The van der Waals surface area contributed by atoms with E-state index in [0.717, 1.165) is 5.69 Å². The van der Waals surface area contributed by atoms with E-state index in [1.807, 2.05) is 18.2 Å². The van der Waals surface area contributed by atoms with Crippen molar-refractivity contribution < 1.29 is 23.9 Å². The van der Waals surface area contributed by atoms with E-state index in [4.69, 9.17) is 9.47 Å². The monoisotopic (exact) mass is 412 g/mol. The van der Waals surface area contributed by atoms with Crippen molar-refractivity contribution in [2.24, 2.45) is 0 Å². The predicted octanol–water partition coefficient (Wildman–Crippen LogP) is 1.61. The molecule has 2 aromatic carbocycles. The van der Waals surface area contributed by atoms with Crippen LogP contribution < -0.4 is 30.3 Å². The highest BCUT2D eigenvalue weighted by molar-refractivity contribution is 5.97. The molecule has 0 unspecified atom stereocenters. The van der Waals surface area contributed by atoms with E-state index in [1.54, 1.807) is 29.2 Å². The summed E-state index contributed by atoms with van der Waals surface area (Å²) in [5.74, 6) is 0.210. The standard InChI is InChI=1S/C21H24N4O5/c1-13(26)23-14-8-9-17(29-3)15(10-14)24-20(27)12-25-11-19(21(28)22-2)30-18-7-5-4-6-16(18)25/h4-10,19H,11-12H2,1-3H3,(H,22,28)(H,23,26)(H,24,27)/t19-/m1/s1. The van der Waals surface area contributed by atoms with Gasteiger partial charge in [-0.15, -0.1) is 0 Å². The quantitative estimate of drug-likeness (QED) is 0.665. The zero-order valence-electron chi connectivity index (χ0n) is 17.0. The number of carbonyl (C=O) groups excluding carboxylic acids is 3. The lowest BCUT2D eigenvalue weighted by molar-refractivity contribution is -0.127. The van der Waals surface area contributed by atoms with Gasteiger partial charge >= 0.3 is 0 Å². The number of methoxy groups -OCH3 is 1. The van der Waals surface area contributed by atoms with Gasteiger partial charge in [0.15, 0.2) is 6.10 Å². The van der Waals surface area contributed by atoms with Crippen LogP contribution in [0.5, 0.6) is 11.5 Å². The summed E-state index contributed by atoms with van der Waals surface area (Å²) in [6, 6.07) is 12.2. The molecule has 30 heavy (non-hydrogen) atoms. The average molecular weight is 412 g/mol. The molecule has 0 radical (unpaired) electrons. The number of nitrogens with zero attached hydrogens (tertiary/aromatic N) is 1. The summed E-state index contributed by atoms with van der Waals surface area (Å²) in [4.78, 5) is 38.0. The topological polar surface area (TPSA) is 109 Å². The molecule has 0 saturated heterocycles. The van der Waals surface area contributed by atoms with Crippen LogP contribution in [0.2, 0.25) is 0 Å². The number of hydrogen-bond acceptors (Lipinski definition) is 6. The Balaban J connectivity index is 1.78. The largest absolute Gasteiger partial charge is 0.495 e. The number of hydrogen-bond donors (Lipinski definition) is 3. The van der Waals surface area contributed by atoms with E-state index < -0.39 is 6.10 Å². The highest BCUT2D eigenvalue weighted by Gasteiger charge is 2.31. The van der Waals surface area contributed by atoms with Crippen LogP contribution >= 0.6 is 0 Å². The minimum absolute atomic E-state index is 0.00138. The van der Waals surface area contributed by atoms with Crippen LogP contribution in [0.15, 0.2) is 42.5 Å². The molecule has 2 aromatic rings. The minimum Gasteiger partial charge on any atom is -0.495 e. The molecule has 0 spiro atoms. The number of carbonyl (C=O) groups is 3. The molecule has 0 saturated carbocycles. The maximum atomic E-state index is 12.8. The zero-order chi connectivity index (χ0) is 21.7. The fourth-order valence-electron chi connectivity index (χ4n) is 3.20. The van der Waals surface area contributed by atoms with Crippen molar-refractivity contribution in [2.75, 3.05) is 42.8 Å². The van der Waals surface area contributed by atoms with Gasteiger partial charge in [0.25, 0.3) is 5.91 Å². The summed E-state index contributed by atoms with van der Waals surface area (Å²) in [6.07, 6.45) is -0.727. The molecule has 0 bridgehead atoms. The van der Waals surface area contributed by atoms with Crippen molar-refractivity contribution in [3.05, 3.63) is 42.5 Å². The summed E-state index contributed by atoms with van der Waals surface area (Å²) in [5, 5.41) is 8.06. The van der Waals surface area contributed by atoms with Crippen LogP contribution in [-0.4, -0.2) is 51.1 Å². The molecule has 1 aliphatic heterocycles. The Morgan fingerprint density at radius 2 is 1.93 bits per heavy atom. The van der Waals surface area contributed by atoms with Crippen LogP contribution in [0.1, 0.15) is 6.92 Å². The predicted molar refractivity (Wildman–Crippen MR) is 113 cm³/mol. The maximum absolute atomic E-state index is 12.8. The number of ether oxygens (including phenoxy) is 2. The fourth-order valence-corrected chi connectivity index (χ4v) is 3.20. The molecule has 0 aromatic heterocycles. The number of rotatable bonds is 6. The summed E-state index contributed by atoms with van der Waals surface area (Å²) in [5.41, 5.74) is 1.69. The average Bonchev–Trinajstić information content (AvgIpc) is 2.72. The van der Waals surface area contributed by atoms with Gasteiger partial charge in [-0.3, -0.25) is 14.4 Å². The Morgan fingerprint density at radius 1 is 1.17 bits per heavy atom. The van der Waals surface area contributed by atoms with Crippen LogP contribution in [0.4, 0.5) is 17.1 Å². The molecule has 0 fully saturated rings. The lowest BCUT2D eigenvalue weighted by atomic mass is 10.1. The third-order valence-corrected chi connectivity index (χ3v) is 4.53. The van der Waals surface area contributed by atoms with Gasteiger partial charge < -0.3 is 30.3 Å². The van der Waals surface area contributed by atoms with E-state index in [2.05, 4.69) is 16.0 Å². The van der Waals surface area contributed by atoms with Crippen LogP contribution in [0, 0.1) is 0 Å². The molecule has 0 aliphatic carbocycles. The number of anilines is 3. The van der Waals surface area contributed by atoms with E-state index in [9.17, 15) is 14.4 Å². The normalized spacial score (nSPS) is 14.8. The number of likely N-dealkylation sites (N-methyl/N-ethyl adjacent to an activating group) is 1. The second kappa shape index (κ2) is 9.17. The third-order valence-electron chi connectivity index (χ3n) is 4.53. The maximum Gasteiger partial charge on any atom is 0.262 e. The second-order valence-corrected chi connectivity index (χ2v) is 6.71. The van der Waals surface area contributed by atoms with Crippen molar-refractivity contribution >= 4 is 34.8 Å². The zero-order valence-corrected chi connectivity index (χ0v) is 17.0. The first-order chi connectivity index (χ1) is 14.4. The van der Waals surface area contributed by atoms with Gasteiger partial charge in [0, 0.05) is 19.7 Å². The summed E-state index contributed by atoms with van der Waals surface area (Å²) < 4.78 is 11.1. The molecule has 1 heterocycles. The fraction of sp³-hybridized carbons (Fsp3) is 0.286. The van der Waals surface area contributed by atoms with E-state index in [-0.39, 0.29) is 30.8 Å². The molecule has 1 aliphatic rings. The van der Waals surface area contributed by atoms with Gasteiger partial charge in [0.05, 0.1) is 31.6 Å². The lowest BCUT2D eigenvalue weighted by Gasteiger charge is -2.35. The Morgan fingerprint density at radius 3 is 2.63 bits per heavy atom. The van der Waals surface area contributed by atoms with E-state index >= 15 is 0 Å². The number of nitrogens with one attached hydrogen (secondary N) is 3. The Labute approximate surface area is 174 Å². The van der Waals surface area contributed by atoms with Crippen LogP contribution in [0.3, 0.4) is 0 Å². The Hall–Kier alpha value is -3.75. The molecule has 1 atom stereocenters. The first-order valence-corrected chi connectivity index (χ1v) is 9.39. The molecule has 3 amide bonds. The van der Waals surface area contributed by atoms with E-state index in [1.165, 1.54) is 21.1 Å². The van der Waals surface area contributed by atoms with Gasteiger partial charge in [-0.2, -0.15) is 0 Å². The van der Waals surface area contributed by atoms with Crippen LogP contribution in [-0.2, 0) is 14.4 Å². The summed E-state index contributed by atoms with van der Waals surface area (Å²) in [7, 11) is 3.03. The Kier molecular flexibility index (Phi) is 6.41. The molecule has 158 valence electrons. The van der Waals surface area contributed by atoms with Gasteiger partial charge in [-0.05, 0) is 30.3 Å². The molecule has 3 rings (SSSR count). The first-order valence-electron chi connectivity index (χ1n) is 9.39. The number of benzene rings is 2. The SMILES string of the molecule is CNC(=O)[C@H]1CN(CC(=O)Nc2cc(NC(C)=O)ccc2OC)c2ccccc2O1. The highest BCUT2D eigenvalue weighted by Crippen LogP contribution is 2.33. The second-order valence-electron chi connectivity index (χ2n) is 6.71. The highest BCUT2D eigenvalue weighted by atomic mass is 16.5. The van der Waals surface area contributed by atoms with Crippen molar-refractivity contribution in [1.82, 2.24) is 5.32 Å². The van der Waals surface area contributed by atoms with Crippen molar-refractivity contribution in [1.29, 1.82) is 0 Å². The van der Waals surface area contributed by atoms with Crippen molar-refractivity contribution in [3.8, 4) is 11.5 Å². The Bertz CT molecular complexity index is 962. The number of para-hydroxylation sites is 2. The lowest BCUT2D eigenvalue weighted by Crippen LogP contribution is -2.50. The molecular weight excluding hydrogens is 388 g/mol. The summed E-state index contributed by atoms with van der Waals surface area (Å²) >= 11 is 0. The van der Waals surface area contributed by atoms with Gasteiger partial charge in [-0.1, -0.05) is 12.1 Å². The number of fused-ring (bicyclic) bond motifs is 1. The van der Waals surface area contributed by atoms with Gasteiger partial charge in [0.2, 0.25) is 11.8 Å². The first kappa shape index (κ1) is 21.0. The summed E-state index contributed by atoms with van der Waals surface area (Å²) in [6.45, 7) is 1.63. The van der Waals surface area contributed by atoms with Crippen LogP contribution in [0.25, 0.3) is 0 Å². The van der Waals surface area contributed by atoms with Crippen molar-refractivity contribution in [2.45, 2.75) is 13.0 Å². The molecule has 9 nitrogen and oxygen atoms in total. The van der Waals surface area contributed by atoms with Crippen molar-refractivity contribution in [3.63, 3.8) is 0 Å². The van der Waals surface area contributed by atoms with E-state index in [0.29, 0.717) is 22.9 Å². The smallest absolute Gasteiger partial charge is 0.262 e. The third kappa shape index (κ3) is 4.80.